The lowest BCUT2D eigenvalue weighted by Crippen LogP contribution is -2.59. The molecule has 40 heavy (non-hydrogen) atoms. The topological polar surface area (TPSA) is 124 Å². The van der Waals surface area contributed by atoms with Crippen LogP contribution in [-0.2, 0) is 14.4 Å². The van der Waals surface area contributed by atoms with Gasteiger partial charge < -0.3 is 16.0 Å². The number of aromatic nitrogens is 1. The number of benzene rings is 1. The highest BCUT2D eigenvalue weighted by Gasteiger charge is 2.44. The molecule has 1 aromatic heterocycles. The van der Waals surface area contributed by atoms with Gasteiger partial charge in [-0.25, -0.2) is 0 Å². The van der Waals surface area contributed by atoms with Crippen LogP contribution in [0, 0.1) is 16.7 Å². The summed E-state index contributed by atoms with van der Waals surface area (Å²) in [6, 6.07) is 3.37. The molecule has 0 bridgehead atoms. The van der Waals surface area contributed by atoms with Crippen LogP contribution in [0.5, 0.6) is 0 Å². The van der Waals surface area contributed by atoms with E-state index in [4.69, 9.17) is 11.6 Å². The van der Waals surface area contributed by atoms with Crippen LogP contribution in [0.25, 0.3) is 10.8 Å². The molecule has 0 aliphatic rings. The van der Waals surface area contributed by atoms with Crippen molar-refractivity contribution in [2.24, 2.45) is 5.41 Å². The Morgan fingerprint density at radius 2 is 1.73 bits per heavy atom. The molecule has 0 aliphatic heterocycles. The fourth-order valence-electron chi connectivity index (χ4n) is 4.11. The van der Waals surface area contributed by atoms with Crippen molar-refractivity contribution < 1.29 is 31.9 Å². The molecule has 3 atom stereocenters. The fraction of sp³-hybridized carbons (Fsp3) is 0.519. The van der Waals surface area contributed by atoms with Crippen LogP contribution in [0.15, 0.2) is 30.6 Å². The second-order valence-electron chi connectivity index (χ2n) is 10.4. The van der Waals surface area contributed by atoms with Crippen molar-refractivity contribution in [3.63, 3.8) is 0 Å². The molecule has 8 nitrogen and oxygen atoms in total. The molecule has 0 saturated carbocycles. The maximum atomic E-state index is 13.4. The zero-order valence-electron chi connectivity index (χ0n) is 22.4. The maximum absolute atomic E-state index is 13.4. The van der Waals surface area contributed by atoms with Crippen LogP contribution in [0.3, 0.4) is 0 Å². The van der Waals surface area contributed by atoms with E-state index >= 15 is 0 Å². The van der Waals surface area contributed by atoms with E-state index in [1.807, 2.05) is 6.07 Å². The largest absolute Gasteiger partial charge is 0.471 e. The number of alkyl halides is 4. The van der Waals surface area contributed by atoms with E-state index in [2.05, 4.69) is 15.6 Å². The Kier molecular flexibility index (Phi) is 11.7. The number of nitrogens with zero attached hydrogens (tertiary/aromatic N) is 2. The van der Waals surface area contributed by atoms with Gasteiger partial charge >= 0.3 is 12.1 Å². The molecular weight excluding hydrogens is 554 g/mol. The van der Waals surface area contributed by atoms with Gasteiger partial charge in [0.1, 0.15) is 12.1 Å². The van der Waals surface area contributed by atoms with Gasteiger partial charge in [0.05, 0.1) is 25.2 Å². The van der Waals surface area contributed by atoms with Crippen molar-refractivity contribution in [1.82, 2.24) is 20.9 Å². The average Bonchev–Trinajstić information content (AvgIpc) is 2.87. The number of carbonyl (C=O) groups is 3. The Morgan fingerprint density at radius 1 is 1.02 bits per heavy atom. The molecule has 13 heteroatoms. The molecule has 0 radical (unpaired) electrons. The maximum Gasteiger partial charge on any atom is 0.471 e. The zero-order valence-corrected chi connectivity index (χ0v) is 23.1. The Morgan fingerprint density at radius 3 is 2.33 bits per heavy atom. The first-order valence-electron chi connectivity index (χ1n) is 12.6. The van der Waals surface area contributed by atoms with Gasteiger partial charge in [0.2, 0.25) is 11.8 Å². The van der Waals surface area contributed by atoms with Gasteiger partial charge in [-0.2, -0.15) is 18.4 Å². The number of halogens is 5. The summed E-state index contributed by atoms with van der Waals surface area (Å²) in [4.78, 5) is 42.4. The smallest absolute Gasteiger partial charge is 0.346 e. The summed E-state index contributed by atoms with van der Waals surface area (Å²) in [7, 11) is 0. The second-order valence-corrected chi connectivity index (χ2v) is 10.8. The highest BCUT2D eigenvalue weighted by atomic mass is 35.5. The monoisotopic (exact) mass is 585 g/mol. The van der Waals surface area contributed by atoms with Crippen molar-refractivity contribution >= 4 is 40.1 Å². The molecule has 1 aromatic carbocycles. The summed E-state index contributed by atoms with van der Waals surface area (Å²) < 4.78 is 51.4. The second kappa shape index (κ2) is 14.3. The number of hydrogen-bond acceptors (Lipinski definition) is 5. The van der Waals surface area contributed by atoms with E-state index in [1.54, 1.807) is 29.7 Å². The summed E-state index contributed by atoms with van der Waals surface area (Å²) in [6.07, 6.45) is -1.37. The fourth-order valence-corrected chi connectivity index (χ4v) is 4.40. The number of unbranched alkanes of at least 4 members (excludes halogenated alkanes) is 2. The van der Waals surface area contributed by atoms with Crippen molar-refractivity contribution in [2.45, 2.75) is 77.2 Å². The number of amides is 3. The number of carbonyl (C=O) groups excluding carboxylic acids is 3. The zero-order chi connectivity index (χ0) is 30.1. The summed E-state index contributed by atoms with van der Waals surface area (Å²) in [5, 5.41) is 18.0. The lowest BCUT2D eigenvalue weighted by atomic mass is 9.85. The van der Waals surface area contributed by atoms with Gasteiger partial charge in [0.25, 0.3) is 0 Å². The first-order valence-corrected chi connectivity index (χ1v) is 13.0. The van der Waals surface area contributed by atoms with E-state index in [9.17, 15) is 37.2 Å². The quantitative estimate of drug-likeness (QED) is 0.237. The predicted octanol–water partition coefficient (Wildman–Crippen LogP) is 5.07. The van der Waals surface area contributed by atoms with E-state index in [0.717, 1.165) is 0 Å². The third-order valence-corrected chi connectivity index (χ3v) is 6.48. The van der Waals surface area contributed by atoms with E-state index in [0.29, 0.717) is 34.2 Å². The molecule has 3 amide bonds. The van der Waals surface area contributed by atoms with Crippen LogP contribution in [-0.4, -0.2) is 47.6 Å². The third-order valence-electron chi connectivity index (χ3n) is 6.17. The number of nitrogens with one attached hydrogen (secondary N) is 3. The summed E-state index contributed by atoms with van der Waals surface area (Å²) in [5.74, 6) is -4.00. The molecule has 218 valence electrons. The lowest BCUT2D eigenvalue weighted by Gasteiger charge is -2.32. The van der Waals surface area contributed by atoms with Gasteiger partial charge in [-0.1, -0.05) is 57.3 Å². The molecule has 0 spiro atoms. The number of rotatable bonds is 12. The molecule has 1 heterocycles. The Balaban J connectivity index is 2.36. The van der Waals surface area contributed by atoms with E-state index in [1.165, 1.54) is 27.0 Å². The first kappa shape index (κ1) is 32.8. The number of nitriles is 1. The van der Waals surface area contributed by atoms with E-state index < -0.39 is 54.1 Å². The Hall–Kier alpha value is -3.46. The molecular formula is C27H32ClF4N5O3. The Labute approximate surface area is 234 Å². The van der Waals surface area contributed by atoms with Crippen molar-refractivity contribution in [2.75, 3.05) is 6.67 Å². The average molecular weight is 586 g/mol. The first-order chi connectivity index (χ1) is 18.7. The molecule has 0 fully saturated rings. The van der Waals surface area contributed by atoms with Crippen LogP contribution in [0.2, 0.25) is 5.02 Å². The van der Waals surface area contributed by atoms with Crippen LogP contribution < -0.4 is 16.0 Å². The molecule has 2 aromatic rings. The lowest BCUT2D eigenvalue weighted by molar-refractivity contribution is -0.175. The minimum absolute atomic E-state index is 0.0372. The van der Waals surface area contributed by atoms with Crippen LogP contribution in [0.4, 0.5) is 17.6 Å². The molecule has 2 rings (SSSR count). The standard InChI is InChI=1S/C27H32ClF4N5O3/c1-26(2,3)22(37-25(40)27(30,31)32)24(39)36-20(10-5-4-6-12-29)23(38)35-19(11-13-33)17-15-34-14-16-8-7-9-18(28)21(16)17/h7-9,14-15,19-20,22H,4-6,10-12H2,1-3H3,(H,35,38)(H,36,39)(H,37,40)/t19?,20-,22+/m0/s1. The minimum Gasteiger partial charge on any atom is -0.346 e. The number of hydrogen-bond donors (Lipinski definition) is 3. The van der Waals surface area contributed by atoms with Crippen molar-refractivity contribution in [1.29, 1.82) is 5.26 Å². The number of fused-ring (bicyclic) bond motifs is 1. The normalized spacial score (nSPS) is 14.1. The van der Waals surface area contributed by atoms with Gasteiger partial charge in [-0.15, -0.1) is 0 Å². The van der Waals surface area contributed by atoms with E-state index in [-0.39, 0.29) is 19.3 Å². The summed E-state index contributed by atoms with van der Waals surface area (Å²) in [6.45, 7) is 3.82. The van der Waals surface area contributed by atoms with Crippen LogP contribution in [0.1, 0.15) is 64.5 Å². The highest BCUT2D eigenvalue weighted by Crippen LogP contribution is 2.31. The number of pyridine rings is 1. The minimum atomic E-state index is -5.22. The SMILES string of the molecule is CC(C)(C)[C@H](NC(=O)C(F)(F)F)C(=O)N[C@@H](CCCCCF)C(=O)NC(CC#N)c1cncc2cccc(Cl)c12. The molecule has 0 saturated heterocycles. The van der Waals surface area contributed by atoms with Crippen LogP contribution >= 0.6 is 11.6 Å². The molecule has 3 N–H and O–H groups in total. The predicted molar refractivity (Wildman–Crippen MR) is 142 cm³/mol. The van der Waals surface area contributed by atoms with Gasteiger partial charge in [-0.05, 0) is 24.3 Å². The van der Waals surface area contributed by atoms with Crippen molar-refractivity contribution in [3.05, 3.63) is 41.2 Å². The molecule has 0 aliphatic carbocycles. The summed E-state index contributed by atoms with van der Waals surface area (Å²) in [5.41, 5.74) is -0.680. The van der Waals surface area contributed by atoms with Gasteiger partial charge in [-0.3, -0.25) is 23.8 Å². The van der Waals surface area contributed by atoms with Gasteiger partial charge in [0, 0.05) is 33.8 Å². The van der Waals surface area contributed by atoms with Gasteiger partial charge in [0.15, 0.2) is 0 Å². The molecule has 1 unspecified atom stereocenters. The Bertz CT molecular complexity index is 1240. The highest BCUT2D eigenvalue weighted by molar-refractivity contribution is 6.35. The van der Waals surface area contributed by atoms with Crippen molar-refractivity contribution in [3.8, 4) is 6.07 Å². The third kappa shape index (κ3) is 9.05. The summed E-state index contributed by atoms with van der Waals surface area (Å²) >= 11 is 6.40.